The fourth-order valence-corrected chi connectivity index (χ4v) is 4.66. The lowest BCUT2D eigenvalue weighted by atomic mass is 10.1. The van der Waals surface area contributed by atoms with Crippen LogP contribution in [0.5, 0.6) is 0 Å². The number of likely N-dealkylation sites (tertiary alicyclic amines) is 1. The topological polar surface area (TPSA) is 53.8 Å². The number of ether oxygens (including phenoxy) is 1. The van der Waals surface area contributed by atoms with Crippen LogP contribution in [-0.4, -0.2) is 55.8 Å². The van der Waals surface area contributed by atoms with Crippen molar-refractivity contribution in [3.63, 3.8) is 0 Å². The van der Waals surface area contributed by atoms with E-state index in [9.17, 15) is 0 Å². The van der Waals surface area contributed by atoms with Gasteiger partial charge in [0, 0.05) is 37.3 Å². The Balaban J connectivity index is 1.32. The third kappa shape index (κ3) is 4.46. The van der Waals surface area contributed by atoms with Gasteiger partial charge in [0.25, 0.3) is 0 Å². The molecule has 2 aliphatic rings. The molecular formula is C19H28N4O2S. The highest BCUT2D eigenvalue weighted by molar-refractivity contribution is 7.15. The second-order valence-electron chi connectivity index (χ2n) is 6.97. The molecule has 2 saturated heterocycles. The molecular weight excluding hydrogens is 348 g/mol. The molecule has 2 fully saturated rings. The summed E-state index contributed by atoms with van der Waals surface area (Å²) in [6.45, 7) is 7.56. The highest BCUT2D eigenvalue weighted by atomic mass is 32.1. The van der Waals surface area contributed by atoms with Crippen molar-refractivity contribution in [2.45, 2.75) is 31.8 Å². The second-order valence-corrected chi connectivity index (χ2v) is 8.06. The van der Waals surface area contributed by atoms with E-state index in [2.05, 4.69) is 26.2 Å². The fraction of sp³-hybridized carbons (Fsp3) is 0.632. The largest absolute Gasteiger partial charge is 0.468 e. The lowest BCUT2D eigenvalue weighted by molar-refractivity contribution is 0.122. The molecule has 2 aliphatic heterocycles. The smallest absolute Gasteiger partial charge is 0.185 e. The van der Waals surface area contributed by atoms with Gasteiger partial charge < -0.3 is 19.4 Å². The first-order valence-corrected chi connectivity index (χ1v) is 10.5. The van der Waals surface area contributed by atoms with Crippen LogP contribution in [-0.2, 0) is 11.3 Å². The number of thiazole rings is 1. The highest BCUT2D eigenvalue weighted by Crippen LogP contribution is 2.26. The number of furan rings is 1. The molecule has 1 N–H and O–H groups in total. The maximum absolute atomic E-state index is 5.73. The number of rotatable bonds is 7. The van der Waals surface area contributed by atoms with E-state index in [-0.39, 0.29) is 0 Å². The molecule has 7 heteroatoms. The number of piperidine rings is 1. The SMILES string of the molecule is c1coc(C(CNCc2cnc(N3CCOCC3)s2)N2CCCCC2)c1. The van der Waals surface area contributed by atoms with Gasteiger partial charge in [-0.1, -0.05) is 6.42 Å². The summed E-state index contributed by atoms with van der Waals surface area (Å²) in [4.78, 5) is 10.8. The number of hydrogen-bond donors (Lipinski definition) is 1. The van der Waals surface area contributed by atoms with Crippen LogP contribution in [0.25, 0.3) is 0 Å². The van der Waals surface area contributed by atoms with E-state index in [1.807, 2.05) is 12.3 Å². The molecule has 0 radical (unpaired) electrons. The summed E-state index contributed by atoms with van der Waals surface area (Å²) < 4.78 is 11.1. The minimum absolute atomic E-state index is 0.317. The third-order valence-electron chi connectivity index (χ3n) is 5.16. The summed E-state index contributed by atoms with van der Waals surface area (Å²) in [6, 6.07) is 4.41. The van der Waals surface area contributed by atoms with Crippen LogP contribution in [0.3, 0.4) is 0 Å². The first kappa shape index (κ1) is 18.0. The van der Waals surface area contributed by atoms with E-state index in [1.165, 1.54) is 24.1 Å². The van der Waals surface area contributed by atoms with Gasteiger partial charge in [0.1, 0.15) is 5.76 Å². The third-order valence-corrected chi connectivity index (χ3v) is 6.22. The van der Waals surface area contributed by atoms with Crippen LogP contribution < -0.4 is 10.2 Å². The van der Waals surface area contributed by atoms with E-state index in [0.29, 0.717) is 6.04 Å². The predicted octanol–water partition coefficient (Wildman–Crippen LogP) is 2.89. The van der Waals surface area contributed by atoms with Gasteiger partial charge in [0.05, 0.1) is 25.5 Å². The van der Waals surface area contributed by atoms with E-state index >= 15 is 0 Å². The van der Waals surface area contributed by atoms with Gasteiger partial charge in [-0.05, 0) is 38.1 Å². The van der Waals surface area contributed by atoms with Gasteiger partial charge in [-0.25, -0.2) is 4.98 Å². The molecule has 2 aromatic heterocycles. The molecule has 1 atom stereocenters. The van der Waals surface area contributed by atoms with E-state index in [1.54, 1.807) is 17.6 Å². The van der Waals surface area contributed by atoms with E-state index < -0.39 is 0 Å². The number of nitrogens with zero attached hydrogens (tertiary/aromatic N) is 3. The molecule has 142 valence electrons. The van der Waals surface area contributed by atoms with Gasteiger partial charge in [0.15, 0.2) is 5.13 Å². The summed E-state index contributed by atoms with van der Waals surface area (Å²) in [6.07, 6.45) is 7.71. The Morgan fingerprint density at radius 3 is 2.77 bits per heavy atom. The van der Waals surface area contributed by atoms with Crippen molar-refractivity contribution in [2.75, 3.05) is 50.8 Å². The van der Waals surface area contributed by atoms with Gasteiger partial charge in [-0.2, -0.15) is 0 Å². The molecule has 0 spiro atoms. The number of anilines is 1. The Morgan fingerprint density at radius 2 is 2.00 bits per heavy atom. The molecule has 0 saturated carbocycles. The lowest BCUT2D eigenvalue weighted by Gasteiger charge is -2.33. The van der Waals surface area contributed by atoms with Crippen molar-refractivity contribution >= 4 is 16.5 Å². The number of nitrogens with one attached hydrogen (secondary N) is 1. The number of hydrogen-bond acceptors (Lipinski definition) is 7. The Kier molecular flexibility index (Phi) is 6.22. The minimum Gasteiger partial charge on any atom is -0.468 e. The maximum Gasteiger partial charge on any atom is 0.185 e. The Bertz CT molecular complexity index is 648. The summed E-state index contributed by atoms with van der Waals surface area (Å²) in [5.74, 6) is 1.07. The van der Waals surface area contributed by atoms with Crippen molar-refractivity contribution < 1.29 is 9.15 Å². The molecule has 2 aromatic rings. The zero-order valence-corrected chi connectivity index (χ0v) is 16.0. The predicted molar refractivity (Wildman–Crippen MR) is 104 cm³/mol. The normalized spacial score (nSPS) is 20.4. The van der Waals surface area contributed by atoms with Crippen LogP contribution in [0, 0.1) is 0 Å². The monoisotopic (exact) mass is 376 g/mol. The van der Waals surface area contributed by atoms with Crippen LogP contribution in [0.15, 0.2) is 29.0 Å². The Hall–Kier alpha value is -1.41. The van der Waals surface area contributed by atoms with Crippen LogP contribution in [0.2, 0.25) is 0 Å². The second kappa shape index (κ2) is 8.99. The Morgan fingerprint density at radius 1 is 1.15 bits per heavy atom. The average Bonchev–Trinajstić information content (AvgIpc) is 3.39. The van der Waals surface area contributed by atoms with Crippen molar-refractivity contribution in [2.24, 2.45) is 0 Å². The van der Waals surface area contributed by atoms with E-state index in [4.69, 9.17) is 9.15 Å². The van der Waals surface area contributed by atoms with Gasteiger partial charge in [-0.3, -0.25) is 4.90 Å². The molecule has 4 rings (SSSR count). The lowest BCUT2D eigenvalue weighted by Crippen LogP contribution is -2.38. The zero-order valence-electron chi connectivity index (χ0n) is 15.2. The fourth-order valence-electron chi connectivity index (χ4n) is 3.73. The van der Waals surface area contributed by atoms with Crippen molar-refractivity contribution in [3.8, 4) is 0 Å². The first-order valence-electron chi connectivity index (χ1n) is 9.66. The molecule has 0 aliphatic carbocycles. The van der Waals surface area contributed by atoms with Crippen molar-refractivity contribution in [1.82, 2.24) is 15.2 Å². The minimum atomic E-state index is 0.317. The zero-order chi connectivity index (χ0) is 17.6. The summed E-state index contributed by atoms with van der Waals surface area (Å²) in [5, 5.41) is 4.74. The van der Waals surface area contributed by atoms with Crippen LogP contribution in [0.1, 0.15) is 35.9 Å². The molecule has 4 heterocycles. The van der Waals surface area contributed by atoms with Gasteiger partial charge >= 0.3 is 0 Å². The van der Waals surface area contributed by atoms with Gasteiger partial charge in [-0.15, -0.1) is 11.3 Å². The average molecular weight is 377 g/mol. The molecule has 0 bridgehead atoms. The molecule has 0 aromatic carbocycles. The van der Waals surface area contributed by atoms with Gasteiger partial charge in [0.2, 0.25) is 0 Å². The van der Waals surface area contributed by atoms with Crippen molar-refractivity contribution in [1.29, 1.82) is 0 Å². The molecule has 1 unspecified atom stereocenters. The standard InChI is InChI=1S/C19H28N4O2S/c1-2-6-22(7-3-1)17(18-5-4-10-25-18)15-20-13-16-14-21-19(26-16)23-8-11-24-12-9-23/h4-5,10,14,17,20H,1-3,6-9,11-13,15H2. The van der Waals surface area contributed by atoms with Crippen LogP contribution >= 0.6 is 11.3 Å². The number of aromatic nitrogens is 1. The van der Waals surface area contributed by atoms with Crippen molar-refractivity contribution in [3.05, 3.63) is 35.2 Å². The molecule has 6 nitrogen and oxygen atoms in total. The molecule has 0 amide bonds. The molecule has 26 heavy (non-hydrogen) atoms. The quantitative estimate of drug-likeness (QED) is 0.802. The first-order chi connectivity index (χ1) is 12.9. The highest BCUT2D eigenvalue weighted by Gasteiger charge is 2.24. The van der Waals surface area contributed by atoms with Crippen LogP contribution in [0.4, 0.5) is 5.13 Å². The summed E-state index contributed by atoms with van der Waals surface area (Å²) >= 11 is 1.78. The number of morpholine rings is 1. The summed E-state index contributed by atoms with van der Waals surface area (Å²) in [7, 11) is 0. The van der Waals surface area contributed by atoms with E-state index in [0.717, 1.165) is 63.4 Å². The summed E-state index contributed by atoms with van der Waals surface area (Å²) in [5.41, 5.74) is 0. The maximum atomic E-state index is 5.73. The Labute approximate surface area is 159 Å².